The minimum absolute atomic E-state index is 0.0169. The number of carbonyl (C=O) groups excluding carboxylic acids is 1. The Hall–Kier alpha value is -1.49. The van der Waals surface area contributed by atoms with Crippen molar-refractivity contribution in [2.45, 2.75) is 38.7 Å². The van der Waals surface area contributed by atoms with E-state index in [4.69, 9.17) is 4.74 Å². The van der Waals surface area contributed by atoms with E-state index in [-0.39, 0.29) is 18.4 Å². The van der Waals surface area contributed by atoms with Gasteiger partial charge in [-0.2, -0.15) is 0 Å². The van der Waals surface area contributed by atoms with Gasteiger partial charge in [0.2, 0.25) is 0 Å². The van der Waals surface area contributed by atoms with Crippen molar-refractivity contribution in [3.63, 3.8) is 0 Å². The van der Waals surface area contributed by atoms with E-state index in [2.05, 4.69) is 0 Å². The predicted octanol–water partition coefficient (Wildman–Crippen LogP) is 3.12. The molecule has 0 heterocycles. The fraction of sp³-hybridized carbons (Fsp3) is 0.500. The van der Waals surface area contributed by atoms with E-state index in [9.17, 15) is 18.7 Å². The van der Waals surface area contributed by atoms with E-state index in [0.717, 1.165) is 31.0 Å². The molecule has 1 aromatic carbocycles. The first-order chi connectivity index (χ1) is 9.02. The average molecular weight is 272 g/mol. The van der Waals surface area contributed by atoms with Crippen molar-refractivity contribution in [2.24, 2.45) is 0 Å². The van der Waals surface area contributed by atoms with Crippen molar-refractivity contribution in [2.75, 3.05) is 6.61 Å². The van der Waals surface area contributed by atoms with Gasteiger partial charge in [-0.25, -0.2) is 8.78 Å². The zero-order valence-corrected chi connectivity index (χ0v) is 10.9. The second-order valence-corrected chi connectivity index (χ2v) is 4.33. The Kier molecular flexibility index (Phi) is 6.42. The molecule has 1 N–H and O–H groups in total. The van der Waals surface area contributed by atoms with Gasteiger partial charge in [-0.15, -0.1) is 0 Å². The number of unbranched alkanes of at least 4 members (excludes halogenated alkanes) is 1. The molecular weight excluding hydrogens is 254 g/mol. The highest BCUT2D eigenvalue weighted by Gasteiger charge is 2.13. The van der Waals surface area contributed by atoms with Gasteiger partial charge in [-0.3, -0.25) is 4.79 Å². The monoisotopic (exact) mass is 272 g/mol. The van der Waals surface area contributed by atoms with E-state index in [1.807, 2.05) is 6.92 Å². The standard InChI is InChI=1S/C14H18F2O3/c1-2-3-6-19-14(18)5-4-13(17)10-7-11(15)9-12(16)8-10/h7-9,13,17H,2-6H2,1H3. The number of halogens is 2. The van der Waals surface area contributed by atoms with Crippen LogP contribution in [0.4, 0.5) is 8.78 Å². The van der Waals surface area contributed by atoms with Crippen molar-refractivity contribution in [1.82, 2.24) is 0 Å². The maximum atomic E-state index is 12.9. The van der Waals surface area contributed by atoms with Crippen LogP contribution >= 0.6 is 0 Å². The van der Waals surface area contributed by atoms with Gasteiger partial charge in [0.05, 0.1) is 12.7 Å². The molecule has 1 rings (SSSR count). The lowest BCUT2D eigenvalue weighted by atomic mass is 10.0. The van der Waals surface area contributed by atoms with Crippen molar-refractivity contribution < 1.29 is 23.4 Å². The van der Waals surface area contributed by atoms with E-state index in [0.29, 0.717) is 6.61 Å². The van der Waals surface area contributed by atoms with Crippen LogP contribution in [0.1, 0.15) is 44.3 Å². The lowest BCUT2D eigenvalue weighted by molar-refractivity contribution is -0.144. The molecule has 0 aliphatic carbocycles. The van der Waals surface area contributed by atoms with Crippen molar-refractivity contribution >= 4 is 5.97 Å². The Bertz CT molecular complexity index is 401. The molecular formula is C14H18F2O3. The molecule has 0 aliphatic heterocycles. The van der Waals surface area contributed by atoms with Gasteiger partial charge in [0.25, 0.3) is 0 Å². The lowest BCUT2D eigenvalue weighted by Crippen LogP contribution is -2.08. The summed E-state index contributed by atoms with van der Waals surface area (Å²) < 4.78 is 30.8. The minimum Gasteiger partial charge on any atom is -0.466 e. The lowest BCUT2D eigenvalue weighted by Gasteiger charge is -2.11. The molecule has 0 saturated heterocycles. The Morgan fingerprint density at radius 3 is 2.53 bits per heavy atom. The smallest absolute Gasteiger partial charge is 0.305 e. The largest absolute Gasteiger partial charge is 0.466 e. The van der Waals surface area contributed by atoms with Gasteiger partial charge in [-0.1, -0.05) is 13.3 Å². The van der Waals surface area contributed by atoms with Crippen molar-refractivity contribution in [1.29, 1.82) is 0 Å². The molecule has 1 aromatic rings. The molecule has 0 aromatic heterocycles. The summed E-state index contributed by atoms with van der Waals surface area (Å²) in [6.45, 7) is 2.34. The number of carbonyl (C=O) groups is 1. The van der Waals surface area contributed by atoms with Crippen LogP contribution < -0.4 is 0 Å². The quantitative estimate of drug-likeness (QED) is 0.612. The Labute approximate surface area is 111 Å². The molecule has 5 heteroatoms. The predicted molar refractivity (Wildman–Crippen MR) is 66.4 cm³/mol. The van der Waals surface area contributed by atoms with Gasteiger partial charge < -0.3 is 9.84 Å². The first-order valence-electron chi connectivity index (χ1n) is 6.32. The molecule has 3 nitrogen and oxygen atoms in total. The second-order valence-electron chi connectivity index (χ2n) is 4.33. The van der Waals surface area contributed by atoms with Crippen molar-refractivity contribution in [3.05, 3.63) is 35.4 Å². The number of rotatable bonds is 7. The summed E-state index contributed by atoms with van der Waals surface area (Å²) in [5.41, 5.74) is 0.124. The SMILES string of the molecule is CCCCOC(=O)CCC(O)c1cc(F)cc(F)c1. The Morgan fingerprint density at radius 1 is 1.32 bits per heavy atom. The second kappa shape index (κ2) is 7.84. The molecule has 1 unspecified atom stereocenters. The highest BCUT2D eigenvalue weighted by Crippen LogP contribution is 2.20. The van der Waals surface area contributed by atoms with E-state index < -0.39 is 23.7 Å². The molecule has 0 radical (unpaired) electrons. The maximum Gasteiger partial charge on any atom is 0.305 e. The highest BCUT2D eigenvalue weighted by atomic mass is 19.1. The molecule has 0 spiro atoms. The number of aliphatic hydroxyl groups is 1. The average Bonchev–Trinajstić information content (AvgIpc) is 2.35. The third-order valence-electron chi connectivity index (χ3n) is 2.65. The molecule has 0 saturated carbocycles. The van der Waals surface area contributed by atoms with Gasteiger partial charge in [0.1, 0.15) is 11.6 Å². The zero-order valence-electron chi connectivity index (χ0n) is 10.9. The summed E-state index contributed by atoms with van der Waals surface area (Å²) >= 11 is 0. The van der Waals surface area contributed by atoms with E-state index >= 15 is 0 Å². The van der Waals surface area contributed by atoms with Gasteiger partial charge >= 0.3 is 5.97 Å². The fourth-order valence-corrected chi connectivity index (χ4v) is 1.59. The number of aliphatic hydroxyl groups excluding tert-OH is 1. The van der Waals surface area contributed by atoms with Gasteiger partial charge in [0.15, 0.2) is 0 Å². The van der Waals surface area contributed by atoms with Crippen LogP contribution in [0.25, 0.3) is 0 Å². The summed E-state index contributed by atoms with van der Waals surface area (Å²) in [7, 11) is 0. The van der Waals surface area contributed by atoms with Crippen molar-refractivity contribution in [3.8, 4) is 0 Å². The topological polar surface area (TPSA) is 46.5 Å². The van der Waals surface area contributed by atoms with E-state index in [1.165, 1.54) is 0 Å². The van der Waals surface area contributed by atoms with Gasteiger partial charge in [-0.05, 0) is 30.5 Å². The minimum atomic E-state index is -1.08. The normalized spacial score (nSPS) is 12.2. The number of esters is 1. The first-order valence-corrected chi connectivity index (χ1v) is 6.32. The highest BCUT2D eigenvalue weighted by molar-refractivity contribution is 5.69. The van der Waals surface area contributed by atoms with Crippen LogP contribution in [-0.2, 0) is 9.53 Å². The fourth-order valence-electron chi connectivity index (χ4n) is 1.59. The van der Waals surface area contributed by atoms with Crippen LogP contribution in [0.3, 0.4) is 0 Å². The summed E-state index contributed by atoms with van der Waals surface area (Å²) in [5, 5.41) is 9.75. The van der Waals surface area contributed by atoms with Crippen LogP contribution in [0.5, 0.6) is 0 Å². The Morgan fingerprint density at radius 2 is 1.95 bits per heavy atom. The van der Waals surface area contributed by atoms with Crippen LogP contribution in [0.15, 0.2) is 18.2 Å². The van der Waals surface area contributed by atoms with Gasteiger partial charge in [0, 0.05) is 12.5 Å². The third kappa shape index (κ3) is 5.79. The number of hydrogen-bond acceptors (Lipinski definition) is 3. The summed E-state index contributed by atoms with van der Waals surface area (Å²) in [4.78, 5) is 11.3. The molecule has 0 aliphatic rings. The Balaban J connectivity index is 2.42. The molecule has 1 atom stereocenters. The summed E-state index contributed by atoms with van der Waals surface area (Å²) in [5.74, 6) is -1.91. The molecule has 0 bridgehead atoms. The molecule has 0 amide bonds. The number of ether oxygens (including phenoxy) is 1. The third-order valence-corrected chi connectivity index (χ3v) is 2.65. The zero-order chi connectivity index (χ0) is 14.3. The van der Waals surface area contributed by atoms with E-state index in [1.54, 1.807) is 0 Å². The first kappa shape index (κ1) is 15.6. The van der Waals surface area contributed by atoms with Crippen LogP contribution in [0, 0.1) is 11.6 Å². The summed E-state index contributed by atoms with van der Waals surface area (Å²) in [6.07, 6.45) is 0.738. The van der Waals surface area contributed by atoms with Crippen LogP contribution in [0.2, 0.25) is 0 Å². The molecule has 0 fully saturated rings. The number of hydrogen-bond donors (Lipinski definition) is 1. The molecule has 19 heavy (non-hydrogen) atoms. The maximum absolute atomic E-state index is 12.9. The summed E-state index contributed by atoms with van der Waals surface area (Å²) in [6, 6.07) is 2.83. The van der Waals surface area contributed by atoms with Crippen LogP contribution in [-0.4, -0.2) is 17.7 Å². The number of benzene rings is 1. The molecule has 106 valence electrons.